The number of hydrogen-bond donors (Lipinski definition) is 1. The fourth-order valence-corrected chi connectivity index (χ4v) is 2.28. The molecule has 0 atom stereocenters. The molecule has 0 saturated heterocycles. The van der Waals surface area contributed by atoms with Gasteiger partial charge in [0.2, 0.25) is 0 Å². The number of nitrogens with two attached hydrogens (primary N) is 1. The van der Waals surface area contributed by atoms with Crippen molar-refractivity contribution in [2.24, 2.45) is 5.73 Å². The summed E-state index contributed by atoms with van der Waals surface area (Å²) in [7, 11) is 3.40. The Labute approximate surface area is 120 Å². The smallest absolute Gasteiger partial charge is 0.120 e. The molecule has 1 aliphatic carbocycles. The van der Waals surface area contributed by atoms with Crippen LogP contribution in [0.3, 0.4) is 0 Å². The number of rotatable bonds is 4. The van der Waals surface area contributed by atoms with Gasteiger partial charge in [0.25, 0.3) is 0 Å². The highest BCUT2D eigenvalue weighted by molar-refractivity contribution is 5.65. The molecule has 0 amide bonds. The molecule has 20 heavy (non-hydrogen) atoms. The van der Waals surface area contributed by atoms with Gasteiger partial charge in [-0.25, -0.2) is 0 Å². The van der Waals surface area contributed by atoms with Gasteiger partial charge in [0, 0.05) is 18.2 Å². The highest BCUT2D eigenvalue weighted by Crippen LogP contribution is 2.27. The van der Waals surface area contributed by atoms with Gasteiger partial charge in [0.1, 0.15) is 5.76 Å². The van der Waals surface area contributed by atoms with Crippen molar-refractivity contribution < 1.29 is 9.47 Å². The molecule has 0 saturated carbocycles. The number of ether oxygens (including phenoxy) is 2. The molecule has 3 nitrogen and oxygen atoms in total. The monoisotopic (exact) mass is 271 g/mol. The van der Waals surface area contributed by atoms with Gasteiger partial charge in [-0.05, 0) is 30.1 Å². The third-order valence-corrected chi connectivity index (χ3v) is 3.47. The van der Waals surface area contributed by atoms with Crippen molar-refractivity contribution in [2.75, 3.05) is 14.2 Å². The Morgan fingerprint density at radius 2 is 1.90 bits per heavy atom. The highest BCUT2D eigenvalue weighted by atomic mass is 16.5. The molecule has 2 rings (SSSR count). The minimum atomic E-state index is 0.719. The Kier molecular flexibility index (Phi) is 4.88. The average molecular weight is 271 g/mol. The second-order valence-electron chi connectivity index (χ2n) is 4.72. The van der Waals surface area contributed by atoms with Gasteiger partial charge >= 0.3 is 0 Å². The maximum atomic E-state index is 6.14. The molecule has 2 N–H and O–H groups in total. The van der Waals surface area contributed by atoms with E-state index in [2.05, 4.69) is 6.08 Å². The molecular formula is C17H21NO2. The standard InChI is InChI=1S/C17H21NO2/c1-19-15-10-8-14(9-11-15)17(20-2)12-16(18)13-6-4-3-5-7-13/h3-7,10,12H,8-9,11,18H2,1-2H3/b16-12-,17-14-. The van der Waals surface area contributed by atoms with Crippen molar-refractivity contribution in [3.8, 4) is 0 Å². The summed E-state index contributed by atoms with van der Waals surface area (Å²) in [6, 6.07) is 9.92. The van der Waals surface area contributed by atoms with Crippen molar-refractivity contribution in [1.29, 1.82) is 0 Å². The van der Waals surface area contributed by atoms with Crippen LogP contribution in [-0.2, 0) is 9.47 Å². The van der Waals surface area contributed by atoms with Gasteiger partial charge in [-0.1, -0.05) is 30.3 Å². The minimum absolute atomic E-state index is 0.719. The lowest BCUT2D eigenvalue weighted by atomic mass is 9.97. The Morgan fingerprint density at radius 1 is 1.15 bits per heavy atom. The van der Waals surface area contributed by atoms with E-state index in [0.717, 1.165) is 42.0 Å². The molecule has 0 radical (unpaired) electrons. The van der Waals surface area contributed by atoms with Crippen molar-refractivity contribution in [3.05, 3.63) is 65.1 Å². The van der Waals surface area contributed by atoms with E-state index in [0.29, 0.717) is 0 Å². The van der Waals surface area contributed by atoms with Crippen molar-refractivity contribution in [1.82, 2.24) is 0 Å². The average Bonchev–Trinajstić information content (AvgIpc) is 2.53. The predicted octanol–water partition coefficient (Wildman–Crippen LogP) is 3.60. The molecule has 0 fully saturated rings. The first-order valence-corrected chi connectivity index (χ1v) is 6.76. The van der Waals surface area contributed by atoms with E-state index in [4.69, 9.17) is 15.2 Å². The van der Waals surface area contributed by atoms with E-state index in [1.807, 2.05) is 36.4 Å². The molecule has 0 spiro atoms. The maximum absolute atomic E-state index is 6.14. The first-order chi connectivity index (χ1) is 9.74. The van der Waals surface area contributed by atoms with Crippen LogP contribution in [0, 0.1) is 0 Å². The Balaban J connectivity index is 2.23. The van der Waals surface area contributed by atoms with E-state index in [1.165, 1.54) is 5.57 Å². The molecule has 106 valence electrons. The Bertz CT molecular complexity index is 541. The third-order valence-electron chi connectivity index (χ3n) is 3.47. The first-order valence-electron chi connectivity index (χ1n) is 6.76. The van der Waals surface area contributed by atoms with Crippen LogP contribution < -0.4 is 5.73 Å². The summed E-state index contributed by atoms with van der Waals surface area (Å²) >= 11 is 0. The quantitative estimate of drug-likeness (QED) is 0.851. The second-order valence-corrected chi connectivity index (χ2v) is 4.72. The third kappa shape index (κ3) is 3.44. The van der Waals surface area contributed by atoms with Gasteiger partial charge in [0.15, 0.2) is 0 Å². The highest BCUT2D eigenvalue weighted by Gasteiger charge is 2.12. The van der Waals surface area contributed by atoms with Crippen molar-refractivity contribution in [2.45, 2.75) is 19.3 Å². The van der Waals surface area contributed by atoms with E-state index >= 15 is 0 Å². The van der Waals surface area contributed by atoms with Crippen LogP contribution in [0.25, 0.3) is 5.70 Å². The predicted molar refractivity (Wildman–Crippen MR) is 81.6 cm³/mol. The number of benzene rings is 1. The molecule has 1 aromatic rings. The fourth-order valence-electron chi connectivity index (χ4n) is 2.28. The largest absolute Gasteiger partial charge is 0.501 e. The molecule has 0 heterocycles. The van der Waals surface area contributed by atoms with Gasteiger partial charge in [-0.3, -0.25) is 0 Å². The van der Waals surface area contributed by atoms with Crippen LogP contribution in [0.5, 0.6) is 0 Å². The Hall–Kier alpha value is -2.16. The summed E-state index contributed by atoms with van der Waals surface area (Å²) in [4.78, 5) is 0. The summed E-state index contributed by atoms with van der Waals surface area (Å²) in [5.41, 5.74) is 9.12. The molecule has 1 aromatic carbocycles. The van der Waals surface area contributed by atoms with E-state index in [1.54, 1.807) is 14.2 Å². The summed E-state index contributed by atoms with van der Waals surface area (Å²) in [6.07, 6.45) is 6.73. The normalized spacial score (nSPS) is 18.3. The second kappa shape index (κ2) is 6.85. The van der Waals surface area contributed by atoms with Crippen LogP contribution in [-0.4, -0.2) is 14.2 Å². The molecular weight excluding hydrogens is 250 g/mol. The molecule has 0 aliphatic heterocycles. The van der Waals surface area contributed by atoms with E-state index < -0.39 is 0 Å². The molecule has 3 heteroatoms. The fraction of sp³-hybridized carbons (Fsp3) is 0.294. The molecule has 0 unspecified atom stereocenters. The van der Waals surface area contributed by atoms with E-state index in [-0.39, 0.29) is 0 Å². The van der Waals surface area contributed by atoms with Crippen LogP contribution in [0.4, 0.5) is 0 Å². The SMILES string of the molecule is COC1=CC/C(=C(\C=C(/N)c2ccccc2)OC)CC1. The van der Waals surface area contributed by atoms with Crippen LogP contribution in [0.1, 0.15) is 24.8 Å². The molecule has 0 aromatic heterocycles. The maximum Gasteiger partial charge on any atom is 0.120 e. The lowest BCUT2D eigenvalue weighted by Gasteiger charge is -2.17. The van der Waals surface area contributed by atoms with Gasteiger partial charge < -0.3 is 15.2 Å². The molecule has 1 aliphatic rings. The van der Waals surface area contributed by atoms with Gasteiger partial charge in [0.05, 0.1) is 20.0 Å². The number of hydrogen-bond acceptors (Lipinski definition) is 3. The van der Waals surface area contributed by atoms with Gasteiger partial charge in [-0.15, -0.1) is 0 Å². The zero-order valence-corrected chi connectivity index (χ0v) is 12.1. The summed E-state index contributed by atoms with van der Waals surface area (Å²) in [5.74, 6) is 1.90. The zero-order chi connectivity index (χ0) is 14.4. The van der Waals surface area contributed by atoms with Gasteiger partial charge in [-0.2, -0.15) is 0 Å². The van der Waals surface area contributed by atoms with E-state index in [9.17, 15) is 0 Å². The Morgan fingerprint density at radius 3 is 2.45 bits per heavy atom. The van der Waals surface area contributed by atoms with Crippen molar-refractivity contribution >= 4 is 5.70 Å². The van der Waals surface area contributed by atoms with Crippen LogP contribution >= 0.6 is 0 Å². The minimum Gasteiger partial charge on any atom is -0.501 e. The zero-order valence-electron chi connectivity index (χ0n) is 12.1. The number of methoxy groups -OCH3 is 2. The topological polar surface area (TPSA) is 44.5 Å². The lowest BCUT2D eigenvalue weighted by Crippen LogP contribution is -2.03. The first kappa shape index (κ1) is 14.3. The van der Waals surface area contributed by atoms with Crippen LogP contribution in [0.2, 0.25) is 0 Å². The number of allylic oxidation sites excluding steroid dienone is 4. The lowest BCUT2D eigenvalue weighted by molar-refractivity contribution is 0.267. The summed E-state index contributed by atoms with van der Waals surface area (Å²) < 4.78 is 10.8. The van der Waals surface area contributed by atoms with Crippen molar-refractivity contribution in [3.63, 3.8) is 0 Å². The van der Waals surface area contributed by atoms with Crippen LogP contribution in [0.15, 0.2) is 59.6 Å². The summed E-state index contributed by atoms with van der Waals surface area (Å²) in [5, 5.41) is 0. The summed E-state index contributed by atoms with van der Waals surface area (Å²) in [6.45, 7) is 0. The molecule has 0 bridgehead atoms.